The third-order valence-electron chi connectivity index (χ3n) is 1.83. The number of thiol groups is 1. The smallest absolute Gasteiger partial charge is 0.212 e. The zero-order valence-electron chi connectivity index (χ0n) is 6.86. The monoisotopic (exact) mass is 207 g/mol. The normalized spacial score (nSPS) is 22.8. The average molecular weight is 207 g/mol. The molecular weight excluding hydrogens is 194 g/mol. The molecule has 1 aliphatic heterocycles. The molecule has 1 saturated heterocycles. The Labute approximate surface area is 78.9 Å². The van der Waals surface area contributed by atoms with E-state index in [9.17, 15) is 8.42 Å². The van der Waals surface area contributed by atoms with E-state index in [-0.39, 0.29) is 5.75 Å². The minimum absolute atomic E-state index is 0.285. The summed E-state index contributed by atoms with van der Waals surface area (Å²) >= 11 is 4.02. The molecule has 0 aliphatic carbocycles. The van der Waals surface area contributed by atoms with Crippen molar-refractivity contribution in [3.05, 3.63) is 12.2 Å². The fraction of sp³-hybridized carbons (Fsp3) is 0.714. The maximum Gasteiger partial charge on any atom is 0.214 e. The van der Waals surface area contributed by atoms with Crippen molar-refractivity contribution in [3.63, 3.8) is 0 Å². The topological polar surface area (TPSA) is 37.4 Å². The van der Waals surface area contributed by atoms with Crippen LogP contribution in [0.2, 0.25) is 0 Å². The second-order valence-corrected chi connectivity index (χ2v) is 5.32. The van der Waals surface area contributed by atoms with E-state index < -0.39 is 10.0 Å². The van der Waals surface area contributed by atoms with Crippen molar-refractivity contribution in [2.75, 3.05) is 24.6 Å². The first-order chi connectivity index (χ1) is 5.56. The maximum absolute atomic E-state index is 11.3. The highest BCUT2D eigenvalue weighted by atomic mass is 32.2. The van der Waals surface area contributed by atoms with E-state index >= 15 is 0 Å². The Morgan fingerprint density at radius 2 is 2.25 bits per heavy atom. The number of rotatable bonds is 3. The van der Waals surface area contributed by atoms with Gasteiger partial charge in [-0.3, -0.25) is 0 Å². The van der Waals surface area contributed by atoms with Crippen molar-refractivity contribution in [1.29, 1.82) is 0 Å². The molecule has 0 saturated carbocycles. The molecule has 12 heavy (non-hydrogen) atoms. The van der Waals surface area contributed by atoms with Crippen LogP contribution in [0.25, 0.3) is 0 Å². The van der Waals surface area contributed by atoms with Gasteiger partial charge in [-0.2, -0.15) is 16.9 Å². The van der Waals surface area contributed by atoms with Crippen LogP contribution in [0.4, 0.5) is 0 Å². The lowest BCUT2D eigenvalue weighted by Crippen LogP contribution is -2.27. The van der Waals surface area contributed by atoms with Gasteiger partial charge in [-0.25, -0.2) is 8.42 Å². The highest BCUT2D eigenvalue weighted by Crippen LogP contribution is 2.14. The summed E-state index contributed by atoms with van der Waals surface area (Å²) in [6.45, 7) is 4.79. The van der Waals surface area contributed by atoms with E-state index in [1.165, 1.54) is 4.31 Å². The Kier molecular flexibility index (Phi) is 3.20. The van der Waals surface area contributed by atoms with Crippen LogP contribution in [-0.2, 0) is 10.0 Å². The Balaban J connectivity index is 2.59. The summed E-state index contributed by atoms with van der Waals surface area (Å²) in [4.78, 5) is 0. The van der Waals surface area contributed by atoms with E-state index in [1.54, 1.807) is 0 Å². The highest BCUT2D eigenvalue weighted by molar-refractivity contribution is 7.89. The van der Waals surface area contributed by atoms with Crippen molar-refractivity contribution in [3.8, 4) is 0 Å². The standard InChI is InChI=1S/C7H13NO2S2/c1-7(6-11)5-8-3-2-4-12(8,9)10/h11H,1-6H2. The zero-order chi connectivity index (χ0) is 9.19. The van der Waals surface area contributed by atoms with Gasteiger partial charge in [-0.05, 0) is 6.42 Å². The molecule has 0 radical (unpaired) electrons. The predicted octanol–water partition coefficient (Wildman–Crippen LogP) is 0.508. The molecule has 0 aromatic carbocycles. The number of hydrogen-bond donors (Lipinski definition) is 1. The molecule has 0 spiro atoms. The third kappa shape index (κ3) is 2.24. The molecule has 70 valence electrons. The van der Waals surface area contributed by atoms with Gasteiger partial charge in [0, 0.05) is 18.8 Å². The van der Waals surface area contributed by atoms with Gasteiger partial charge >= 0.3 is 0 Å². The summed E-state index contributed by atoms with van der Waals surface area (Å²) in [5, 5.41) is 0. The summed E-state index contributed by atoms with van der Waals surface area (Å²) in [5.41, 5.74) is 0.851. The number of hydrogen-bond acceptors (Lipinski definition) is 3. The Hall–Kier alpha value is -0.0000000000000000555. The van der Waals surface area contributed by atoms with Gasteiger partial charge in [-0.15, -0.1) is 0 Å². The molecule has 0 aromatic heterocycles. The zero-order valence-corrected chi connectivity index (χ0v) is 8.57. The molecule has 1 rings (SSSR count). The van der Waals surface area contributed by atoms with Crippen LogP contribution in [0, 0.1) is 0 Å². The quantitative estimate of drug-likeness (QED) is 0.541. The molecule has 0 unspecified atom stereocenters. The lowest BCUT2D eigenvalue weighted by atomic mass is 10.3. The minimum Gasteiger partial charge on any atom is -0.212 e. The van der Waals surface area contributed by atoms with Gasteiger partial charge in [0.2, 0.25) is 10.0 Å². The summed E-state index contributed by atoms with van der Waals surface area (Å²) in [6, 6.07) is 0. The van der Waals surface area contributed by atoms with E-state index in [0.717, 1.165) is 12.0 Å². The van der Waals surface area contributed by atoms with Crippen molar-refractivity contribution in [1.82, 2.24) is 4.31 Å². The second kappa shape index (κ2) is 3.81. The molecule has 5 heteroatoms. The lowest BCUT2D eigenvalue weighted by molar-refractivity contribution is 0.471. The summed E-state index contributed by atoms with van der Waals surface area (Å²) < 4.78 is 24.0. The summed E-state index contributed by atoms with van der Waals surface area (Å²) in [6.07, 6.45) is 0.738. The maximum atomic E-state index is 11.3. The molecule has 1 aliphatic rings. The molecule has 0 N–H and O–H groups in total. The van der Waals surface area contributed by atoms with Crippen LogP contribution in [0.5, 0.6) is 0 Å². The van der Waals surface area contributed by atoms with E-state index in [1.807, 2.05) is 0 Å². The molecule has 0 atom stereocenters. The highest BCUT2D eigenvalue weighted by Gasteiger charge is 2.27. The Morgan fingerprint density at radius 3 is 2.67 bits per heavy atom. The van der Waals surface area contributed by atoms with Crippen LogP contribution < -0.4 is 0 Å². The number of sulfonamides is 1. The second-order valence-electron chi connectivity index (χ2n) is 2.91. The van der Waals surface area contributed by atoms with Crippen molar-refractivity contribution in [2.45, 2.75) is 6.42 Å². The minimum atomic E-state index is -2.95. The van der Waals surface area contributed by atoms with E-state index in [4.69, 9.17) is 0 Å². The lowest BCUT2D eigenvalue weighted by Gasteiger charge is -2.14. The fourth-order valence-corrected chi connectivity index (χ4v) is 2.81. The van der Waals surface area contributed by atoms with Gasteiger partial charge in [-0.1, -0.05) is 12.2 Å². The van der Waals surface area contributed by atoms with Crippen LogP contribution in [0.15, 0.2) is 12.2 Å². The van der Waals surface area contributed by atoms with Crippen LogP contribution >= 0.6 is 12.6 Å². The fourth-order valence-electron chi connectivity index (χ4n) is 1.17. The summed E-state index contributed by atoms with van der Waals surface area (Å²) in [5.74, 6) is 0.832. The molecule has 1 fully saturated rings. The number of nitrogens with zero attached hydrogens (tertiary/aromatic N) is 1. The first kappa shape index (κ1) is 10.1. The Bertz CT molecular complexity index is 271. The van der Waals surface area contributed by atoms with Gasteiger partial charge in [0.15, 0.2) is 0 Å². The molecular formula is C7H13NO2S2. The first-order valence-electron chi connectivity index (χ1n) is 3.81. The molecule has 3 nitrogen and oxygen atoms in total. The van der Waals surface area contributed by atoms with E-state index in [2.05, 4.69) is 19.2 Å². The van der Waals surface area contributed by atoms with E-state index in [0.29, 0.717) is 18.8 Å². The van der Waals surface area contributed by atoms with Gasteiger partial charge < -0.3 is 0 Å². The Morgan fingerprint density at radius 1 is 1.58 bits per heavy atom. The largest absolute Gasteiger partial charge is 0.214 e. The van der Waals surface area contributed by atoms with Crippen molar-refractivity contribution < 1.29 is 8.42 Å². The third-order valence-corrected chi connectivity index (χ3v) is 4.18. The molecule has 0 bridgehead atoms. The first-order valence-corrected chi connectivity index (χ1v) is 6.06. The average Bonchev–Trinajstić information content (AvgIpc) is 2.31. The van der Waals surface area contributed by atoms with Crippen LogP contribution in [-0.4, -0.2) is 37.3 Å². The van der Waals surface area contributed by atoms with Gasteiger partial charge in [0.05, 0.1) is 5.75 Å². The van der Waals surface area contributed by atoms with Gasteiger partial charge in [0.1, 0.15) is 0 Å². The van der Waals surface area contributed by atoms with Gasteiger partial charge in [0.25, 0.3) is 0 Å². The predicted molar refractivity (Wildman–Crippen MR) is 53.0 cm³/mol. The van der Waals surface area contributed by atoms with Crippen molar-refractivity contribution >= 4 is 22.7 Å². The molecule has 0 amide bonds. The molecule has 0 aromatic rings. The summed E-state index contributed by atoms with van der Waals surface area (Å²) in [7, 11) is -2.95. The SMILES string of the molecule is C=C(CS)CN1CCCS1(=O)=O. The van der Waals surface area contributed by atoms with Crippen LogP contribution in [0.1, 0.15) is 6.42 Å². The van der Waals surface area contributed by atoms with Crippen LogP contribution in [0.3, 0.4) is 0 Å². The molecule has 1 heterocycles. The van der Waals surface area contributed by atoms with Crippen molar-refractivity contribution in [2.24, 2.45) is 0 Å².